The number of likely N-dealkylation sites (N-methyl/N-ethyl adjacent to an activating group) is 1. The van der Waals surface area contributed by atoms with E-state index in [-0.39, 0.29) is 11.1 Å². The topological polar surface area (TPSA) is 55.8 Å². The molecule has 28 heavy (non-hydrogen) atoms. The highest BCUT2D eigenvalue weighted by atomic mass is 35.5. The zero-order chi connectivity index (χ0) is 20.3. The molecule has 2 aromatic carbocycles. The summed E-state index contributed by atoms with van der Waals surface area (Å²) < 4.78 is 11.5. The van der Waals surface area contributed by atoms with Crippen molar-refractivity contribution in [3.05, 3.63) is 62.5 Å². The Hall–Kier alpha value is -2.15. The fourth-order valence-corrected chi connectivity index (χ4v) is 3.64. The van der Waals surface area contributed by atoms with Crippen LogP contribution in [-0.4, -0.2) is 29.7 Å². The number of hydrogen-bond acceptors (Lipinski definition) is 5. The minimum atomic E-state index is -0.312. The van der Waals surface area contributed by atoms with Crippen LogP contribution < -0.4 is 9.47 Å². The van der Waals surface area contributed by atoms with Crippen LogP contribution in [-0.2, 0) is 11.4 Å². The summed E-state index contributed by atoms with van der Waals surface area (Å²) in [5, 5.41) is 0.664. The summed E-state index contributed by atoms with van der Waals surface area (Å²) in [6.07, 6.45) is 1.67. The first-order chi connectivity index (χ1) is 13.4. The Morgan fingerprint density at radius 1 is 1.04 bits per heavy atom. The van der Waals surface area contributed by atoms with Gasteiger partial charge in [-0.3, -0.25) is 14.5 Å². The zero-order valence-corrected chi connectivity index (χ0v) is 17.5. The van der Waals surface area contributed by atoms with Gasteiger partial charge in [-0.2, -0.15) is 0 Å². The predicted molar refractivity (Wildman–Crippen MR) is 112 cm³/mol. The number of amides is 2. The molecule has 0 bridgehead atoms. The lowest BCUT2D eigenvalue weighted by Gasteiger charge is -2.13. The van der Waals surface area contributed by atoms with Crippen LogP contribution >= 0.6 is 35.0 Å². The summed E-state index contributed by atoms with van der Waals surface area (Å²) in [4.78, 5) is 25.2. The van der Waals surface area contributed by atoms with Crippen molar-refractivity contribution in [1.82, 2.24) is 4.90 Å². The molecule has 1 saturated heterocycles. The standard InChI is InChI=1S/C20H17Cl2NO4S/c1-3-26-17-9-12(10-18-19(24)23(2)20(25)28-18)5-7-16(17)27-11-13-4-6-14(21)15(22)8-13/h4-10H,3,11H2,1-2H3/b18-10-. The van der Waals surface area contributed by atoms with Gasteiger partial charge in [0.05, 0.1) is 21.6 Å². The van der Waals surface area contributed by atoms with Gasteiger partial charge in [-0.15, -0.1) is 0 Å². The molecule has 0 saturated carbocycles. The molecule has 0 radical (unpaired) electrons. The van der Waals surface area contributed by atoms with Gasteiger partial charge in [-0.05, 0) is 60.2 Å². The molecule has 2 aromatic rings. The molecule has 1 aliphatic heterocycles. The van der Waals surface area contributed by atoms with Crippen LogP contribution in [0.15, 0.2) is 41.3 Å². The van der Waals surface area contributed by atoms with E-state index in [2.05, 4.69) is 0 Å². The maximum absolute atomic E-state index is 12.0. The van der Waals surface area contributed by atoms with E-state index in [0.717, 1.165) is 27.8 Å². The Morgan fingerprint density at radius 3 is 2.46 bits per heavy atom. The van der Waals surface area contributed by atoms with Gasteiger partial charge < -0.3 is 9.47 Å². The maximum Gasteiger partial charge on any atom is 0.293 e. The van der Waals surface area contributed by atoms with E-state index in [0.29, 0.717) is 39.7 Å². The van der Waals surface area contributed by atoms with E-state index in [1.807, 2.05) is 13.0 Å². The minimum Gasteiger partial charge on any atom is -0.490 e. The van der Waals surface area contributed by atoms with Crippen molar-refractivity contribution in [2.75, 3.05) is 13.7 Å². The summed E-state index contributed by atoms with van der Waals surface area (Å²) in [6.45, 7) is 2.63. The molecule has 3 rings (SSSR count). The minimum absolute atomic E-state index is 0.289. The monoisotopic (exact) mass is 437 g/mol. The van der Waals surface area contributed by atoms with Gasteiger partial charge in [0.15, 0.2) is 11.5 Å². The Morgan fingerprint density at radius 2 is 1.82 bits per heavy atom. The molecule has 2 amide bonds. The van der Waals surface area contributed by atoms with Crippen molar-refractivity contribution in [3.63, 3.8) is 0 Å². The fourth-order valence-electron chi connectivity index (χ4n) is 2.49. The number of hydrogen-bond donors (Lipinski definition) is 0. The van der Waals surface area contributed by atoms with Crippen LogP contribution in [0.2, 0.25) is 10.0 Å². The Bertz CT molecular complexity index is 961. The lowest BCUT2D eigenvalue weighted by molar-refractivity contribution is -0.121. The number of rotatable bonds is 6. The van der Waals surface area contributed by atoms with Gasteiger partial charge in [0.25, 0.3) is 11.1 Å². The summed E-state index contributed by atoms with van der Waals surface area (Å²) >= 11 is 12.9. The highest BCUT2D eigenvalue weighted by Crippen LogP contribution is 2.34. The molecule has 0 spiro atoms. The number of imide groups is 1. The van der Waals surface area contributed by atoms with E-state index in [4.69, 9.17) is 32.7 Å². The third-order valence-corrected chi connectivity index (χ3v) is 5.63. The van der Waals surface area contributed by atoms with E-state index >= 15 is 0 Å². The highest BCUT2D eigenvalue weighted by Gasteiger charge is 2.31. The predicted octanol–water partition coefficient (Wildman–Crippen LogP) is 5.64. The van der Waals surface area contributed by atoms with E-state index in [1.54, 1.807) is 36.4 Å². The van der Waals surface area contributed by atoms with Gasteiger partial charge in [0.1, 0.15) is 6.61 Å². The molecule has 1 fully saturated rings. The molecule has 0 aliphatic carbocycles. The molecular weight excluding hydrogens is 421 g/mol. The normalized spacial score (nSPS) is 15.4. The third kappa shape index (κ3) is 4.63. The van der Waals surface area contributed by atoms with Crippen LogP contribution in [0.25, 0.3) is 6.08 Å². The van der Waals surface area contributed by atoms with Crippen LogP contribution in [0, 0.1) is 0 Å². The first-order valence-corrected chi connectivity index (χ1v) is 10.0. The number of benzene rings is 2. The molecule has 146 valence electrons. The molecular formula is C20H17Cl2NO4S. The van der Waals surface area contributed by atoms with Gasteiger partial charge in [-0.1, -0.05) is 35.3 Å². The SMILES string of the molecule is CCOc1cc(/C=C2\SC(=O)N(C)C2=O)ccc1OCc1ccc(Cl)c(Cl)c1. The smallest absolute Gasteiger partial charge is 0.293 e. The van der Waals surface area contributed by atoms with Gasteiger partial charge >= 0.3 is 0 Å². The van der Waals surface area contributed by atoms with Gasteiger partial charge in [0.2, 0.25) is 0 Å². The quantitative estimate of drug-likeness (QED) is 0.547. The number of ether oxygens (including phenoxy) is 2. The van der Waals surface area contributed by atoms with E-state index in [1.165, 1.54) is 7.05 Å². The molecule has 8 heteroatoms. The number of carbonyl (C=O) groups is 2. The van der Waals surface area contributed by atoms with Crippen molar-refractivity contribution < 1.29 is 19.1 Å². The molecule has 1 aliphatic rings. The first-order valence-electron chi connectivity index (χ1n) is 8.44. The summed E-state index contributed by atoms with van der Waals surface area (Å²) in [5.74, 6) is 0.800. The number of halogens is 2. The van der Waals surface area contributed by atoms with Crippen LogP contribution in [0.4, 0.5) is 4.79 Å². The number of carbonyl (C=O) groups excluding carboxylic acids is 2. The van der Waals surface area contributed by atoms with Crippen molar-refractivity contribution in [1.29, 1.82) is 0 Å². The van der Waals surface area contributed by atoms with Crippen molar-refractivity contribution in [3.8, 4) is 11.5 Å². The van der Waals surface area contributed by atoms with Gasteiger partial charge in [-0.25, -0.2) is 0 Å². The molecule has 0 N–H and O–H groups in total. The van der Waals surface area contributed by atoms with Crippen molar-refractivity contribution in [2.24, 2.45) is 0 Å². The second-order valence-corrected chi connectivity index (χ2v) is 7.72. The second kappa shape index (κ2) is 8.90. The summed E-state index contributed by atoms with van der Waals surface area (Å²) in [6, 6.07) is 10.7. The maximum atomic E-state index is 12.0. The average molecular weight is 438 g/mol. The van der Waals surface area contributed by atoms with Crippen LogP contribution in [0.5, 0.6) is 11.5 Å². The second-order valence-electron chi connectivity index (χ2n) is 5.92. The zero-order valence-electron chi connectivity index (χ0n) is 15.2. The average Bonchev–Trinajstić information content (AvgIpc) is 2.91. The molecule has 0 atom stereocenters. The van der Waals surface area contributed by atoms with E-state index < -0.39 is 0 Å². The van der Waals surface area contributed by atoms with Crippen molar-refractivity contribution in [2.45, 2.75) is 13.5 Å². The van der Waals surface area contributed by atoms with Crippen LogP contribution in [0.3, 0.4) is 0 Å². The molecule has 1 heterocycles. The van der Waals surface area contributed by atoms with Crippen LogP contribution in [0.1, 0.15) is 18.1 Å². The fraction of sp³-hybridized carbons (Fsp3) is 0.200. The Labute approximate surface area is 177 Å². The lowest BCUT2D eigenvalue weighted by Crippen LogP contribution is -2.22. The van der Waals surface area contributed by atoms with Crippen molar-refractivity contribution >= 4 is 52.2 Å². The third-order valence-electron chi connectivity index (χ3n) is 3.93. The highest BCUT2D eigenvalue weighted by molar-refractivity contribution is 8.18. The Balaban J connectivity index is 1.80. The molecule has 0 aromatic heterocycles. The van der Waals surface area contributed by atoms with E-state index in [9.17, 15) is 9.59 Å². The molecule has 5 nitrogen and oxygen atoms in total. The number of thioether (sulfide) groups is 1. The molecule has 0 unspecified atom stereocenters. The first kappa shape index (κ1) is 20.6. The summed E-state index contributed by atoms with van der Waals surface area (Å²) in [7, 11) is 1.46. The summed E-state index contributed by atoms with van der Waals surface area (Å²) in [5.41, 5.74) is 1.61. The number of nitrogens with zero attached hydrogens (tertiary/aromatic N) is 1. The Kier molecular flexibility index (Phi) is 6.54. The largest absolute Gasteiger partial charge is 0.490 e. The lowest BCUT2D eigenvalue weighted by atomic mass is 10.1. The van der Waals surface area contributed by atoms with Gasteiger partial charge in [0, 0.05) is 7.05 Å².